The summed E-state index contributed by atoms with van der Waals surface area (Å²) in [5.74, 6) is 1.58. The lowest BCUT2D eigenvalue weighted by atomic mass is 10.1. The molecular formula is C21H25ClN3O2S+. The van der Waals surface area contributed by atoms with E-state index in [1.165, 1.54) is 31.5 Å². The molecule has 2 aliphatic heterocycles. The molecule has 2 aliphatic rings. The molecule has 3 N–H and O–H groups in total. The molecule has 28 heavy (non-hydrogen) atoms. The lowest BCUT2D eigenvalue weighted by molar-refractivity contribution is -0.918. The Balaban J connectivity index is 1.34. The second-order valence-corrected chi connectivity index (χ2v) is 8.01. The molecule has 148 valence electrons. The summed E-state index contributed by atoms with van der Waals surface area (Å²) in [6.07, 6.45) is 2.53. The number of likely N-dealkylation sites (tertiary alicyclic amines) is 1. The molecule has 0 amide bonds. The molecule has 2 aromatic carbocycles. The van der Waals surface area contributed by atoms with E-state index in [0.717, 1.165) is 28.6 Å². The molecule has 7 heteroatoms. The second kappa shape index (κ2) is 8.99. The zero-order chi connectivity index (χ0) is 19.3. The van der Waals surface area contributed by atoms with Gasteiger partial charge in [-0.3, -0.25) is 0 Å². The smallest absolute Gasteiger partial charge is 0.231 e. The summed E-state index contributed by atoms with van der Waals surface area (Å²) >= 11 is 12.0. The molecule has 0 spiro atoms. The van der Waals surface area contributed by atoms with Crippen LogP contribution in [0.15, 0.2) is 42.5 Å². The number of halogens is 1. The monoisotopic (exact) mass is 418 g/mol. The van der Waals surface area contributed by atoms with E-state index >= 15 is 0 Å². The van der Waals surface area contributed by atoms with Gasteiger partial charge in [0.25, 0.3) is 0 Å². The molecular weight excluding hydrogens is 394 g/mol. The minimum atomic E-state index is 0.286. The number of fused-ring (bicyclic) bond motifs is 1. The van der Waals surface area contributed by atoms with Crippen molar-refractivity contribution in [2.24, 2.45) is 0 Å². The Morgan fingerprint density at radius 1 is 1.07 bits per heavy atom. The van der Waals surface area contributed by atoms with Crippen LogP contribution in [0, 0.1) is 0 Å². The topological polar surface area (TPSA) is 47.0 Å². The Hall–Kier alpha value is -2.02. The van der Waals surface area contributed by atoms with Crippen LogP contribution in [0.25, 0.3) is 0 Å². The Bertz CT molecular complexity index is 842. The van der Waals surface area contributed by atoms with Crippen LogP contribution in [0.5, 0.6) is 11.5 Å². The quantitative estimate of drug-likeness (QED) is 0.629. The van der Waals surface area contributed by atoms with Crippen LogP contribution in [0.3, 0.4) is 0 Å². The summed E-state index contributed by atoms with van der Waals surface area (Å²) in [6, 6.07) is 14.4. The van der Waals surface area contributed by atoms with Crippen LogP contribution < -0.4 is 25.0 Å². The standard InChI is InChI=1S/C21H24ClN3O2S/c22-17-6-2-1-5-16(17)18(25-9-3-4-10-25)13-24-21(28)23-12-15-7-8-19-20(11-15)27-14-26-19/h1-2,5-8,11,18H,3-4,9-10,12-14H2,(H2,23,24,28)/p+1/t18-/m1/s1. The van der Waals surface area contributed by atoms with Gasteiger partial charge < -0.3 is 25.0 Å². The van der Waals surface area contributed by atoms with E-state index in [2.05, 4.69) is 22.8 Å². The predicted molar refractivity (Wildman–Crippen MR) is 114 cm³/mol. The Labute approximate surface area is 176 Å². The summed E-state index contributed by atoms with van der Waals surface area (Å²) in [5, 5.41) is 8.15. The Kier molecular flexibility index (Phi) is 6.20. The first-order valence-corrected chi connectivity index (χ1v) is 10.5. The maximum absolute atomic E-state index is 6.49. The van der Waals surface area contributed by atoms with E-state index < -0.39 is 0 Å². The number of hydrogen-bond donors (Lipinski definition) is 3. The van der Waals surface area contributed by atoms with Crippen molar-refractivity contribution in [3.8, 4) is 11.5 Å². The molecule has 0 radical (unpaired) electrons. The van der Waals surface area contributed by atoms with Gasteiger partial charge >= 0.3 is 0 Å². The van der Waals surface area contributed by atoms with Crippen LogP contribution in [-0.2, 0) is 6.54 Å². The van der Waals surface area contributed by atoms with Crippen molar-refractivity contribution in [3.05, 3.63) is 58.6 Å². The Morgan fingerprint density at radius 3 is 2.68 bits per heavy atom. The van der Waals surface area contributed by atoms with E-state index in [1.54, 1.807) is 4.90 Å². The number of thiocarbonyl (C=S) groups is 1. The summed E-state index contributed by atoms with van der Waals surface area (Å²) in [5.41, 5.74) is 2.29. The average Bonchev–Trinajstić information content (AvgIpc) is 3.39. The van der Waals surface area contributed by atoms with E-state index in [9.17, 15) is 0 Å². The van der Waals surface area contributed by atoms with Crippen LogP contribution in [0.1, 0.15) is 30.0 Å². The SMILES string of the molecule is S=C(NCc1ccc2c(c1)OCO2)NC[C@H](c1ccccc1Cl)[NH+]1CCCC1. The van der Waals surface area contributed by atoms with Gasteiger partial charge in [0.1, 0.15) is 6.04 Å². The third kappa shape index (κ3) is 4.51. The largest absolute Gasteiger partial charge is 0.454 e. The highest BCUT2D eigenvalue weighted by atomic mass is 35.5. The van der Waals surface area contributed by atoms with Crippen LogP contribution in [0.4, 0.5) is 0 Å². The molecule has 0 unspecified atom stereocenters. The molecule has 0 saturated carbocycles. The first-order chi connectivity index (χ1) is 13.7. The number of hydrogen-bond acceptors (Lipinski definition) is 3. The maximum atomic E-state index is 6.49. The van der Waals surface area contributed by atoms with E-state index in [1.807, 2.05) is 30.3 Å². The minimum absolute atomic E-state index is 0.286. The number of benzene rings is 2. The maximum Gasteiger partial charge on any atom is 0.231 e. The third-order valence-electron chi connectivity index (χ3n) is 5.38. The van der Waals surface area contributed by atoms with Gasteiger partial charge in [-0.15, -0.1) is 0 Å². The van der Waals surface area contributed by atoms with Crippen molar-refractivity contribution < 1.29 is 14.4 Å². The van der Waals surface area contributed by atoms with Crippen molar-refractivity contribution in [1.29, 1.82) is 0 Å². The minimum Gasteiger partial charge on any atom is -0.454 e. The fraction of sp³-hybridized carbons (Fsp3) is 0.381. The average molecular weight is 419 g/mol. The van der Waals surface area contributed by atoms with Crippen LogP contribution in [0.2, 0.25) is 5.02 Å². The zero-order valence-electron chi connectivity index (χ0n) is 15.7. The highest BCUT2D eigenvalue weighted by Gasteiger charge is 2.28. The zero-order valence-corrected chi connectivity index (χ0v) is 17.2. The van der Waals surface area contributed by atoms with Gasteiger partial charge in [0.2, 0.25) is 6.79 Å². The molecule has 0 bridgehead atoms. The van der Waals surface area contributed by atoms with Crippen molar-refractivity contribution in [3.63, 3.8) is 0 Å². The third-order valence-corrected chi connectivity index (χ3v) is 6.01. The number of rotatable bonds is 6. The van der Waals surface area contributed by atoms with Gasteiger partial charge in [0.15, 0.2) is 16.6 Å². The van der Waals surface area contributed by atoms with Crippen molar-refractivity contribution in [2.75, 3.05) is 26.4 Å². The first kappa shape index (κ1) is 19.3. The summed E-state index contributed by atoms with van der Waals surface area (Å²) < 4.78 is 10.8. The van der Waals surface area contributed by atoms with Gasteiger partial charge in [0, 0.05) is 30.0 Å². The lowest BCUT2D eigenvalue weighted by Gasteiger charge is -2.26. The van der Waals surface area contributed by atoms with Gasteiger partial charge in [-0.05, 0) is 36.0 Å². The molecule has 1 atom stereocenters. The van der Waals surface area contributed by atoms with Gasteiger partial charge in [-0.2, -0.15) is 0 Å². The predicted octanol–water partition coefficient (Wildman–Crippen LogP) is 2.45. The van der Waals surface area contributed by atoms with Gasteiger partial charge in [0.05, 0.1) is 19.6 Å². The number of ether oxygens (including phenoxy) is 2. The lowest BCUT2D eigenvalue weighted by Crippen LogP contribution is -3.11. The molecule has 0 aromatic heterocycles. The molecule has 4 rings (SSSR count). The summed E-state index contributed by atoms with van der Waals surface area (Å²) in [7, 11) is 0. The van der Waals surface area contributed by atoms with Crippen molar-refractivity contribution in [1.82, 2.24) is 10.6 Å². The fourth-order valence-electron chi connectivity index (χ4n) is 3.90. The van der Waals surface area contributed by atoms with E-state index in [4.69, 9.17) is 33.3 Å². The highest BCUT2D eigenvalue weighted by Crippen LogP contribution is 2.32. The second-order valence-electron chi connectivity index (χ2n) is 7.19. The van der Waals surface area contributed by atoms with Gasteiger partial charge in [-0.25, -0.2) is 0 Å². The molecule has 2 heterocycles. The molecule has 1 fully saturated rings. The van der Waals surface area contributed by atoms with Crippen LogP contribution >= 0.6 is 23.8 Å². The Morgan fingerprint density at radius 2 is 1.86 bits per heavy atom. The normalized spacial score (nSPS) is 16.8. The fourth-order valence-corrected chi connectivity index (χ4v) is 4.32. The van der Waals surface area contributed by atoms with Crippen molar-refractivity contribution in [2.45, 2.75) is 25.4 Å². The van der Waals surface area contributed by atoms with E-state index in [-0.39, 0.29) is 6.79 Å². The molecule has 2 aromatic rings. The summed E-state index contributed by atoms with van der Waals surface area (Å²) in [6.45, 7) is 4.03. The first-order valence-electron chi connectivity index (χ1n) is 9.70. The van der Waals surface area contributed by atoms with Crippen molar-refractivity contribution >= 4 is 28.9 Å². The highest BCUT2D eigenvalue weighted by molar-refractivity contribution is 7.80. The molecule has 5 nitrogen and oxygen atoms in total. The molecule has 0 aliphatic carbocycles. The van der Waals surface area contributed by atoms with Crippen LogP contribution in [-0.4, -0.2) is 31.5 Å². The van der Waals surface area contributed by atoms with E-state index in [0.29, 0.717) is 17.7 Å². The summed E-state index contributed by atoms with van der Waals surface area (Å²) in [4.78, 5) is 1.57. The van der Waals surface area contributed by atoms with Gasteiger partial charge in [-0.1, -0.05) is 35.9 Å². The number of quaternary nitrogens is 1. The number of nitrogens with one attached hydrogen (secondary N) is 3. The molecule has 1 saturated heterocycles.